The van der Waals surface area contributed by atoms with Crippen molar-refractivity contribution in [3.63, 3.8) is 0 Å². The van der Waals surface area contributed by atoms with Gasteiger partial charge in [-0.25, -0.2) is 0 Å². The highest BCUT2D eigenvalue weighted by molar-refractivity contribution is 9.09. The molecule has 1 atom stereocenters. The standard InChI is InChI=1S/C11H20BrN/c12-7-5-10-6-8-13(9-10)11-3-1-2-4-11/h10-11H,1-9H2. The Labute approximate surface area is 90.0 Å². The molecule has 0 amide bonds. The Balaban J connectivity index is 1.76. The molecule has 76 valence electrons. The molecule has 1 saturated heterocycles. The van der Waals surface area contributed by atoms with E-state index in [1.807, 2.05) is 0 Å². The van der Waals surface area contributed by atoms with Crippen molar-refractivity contribution in [1.82, 2.24) is 4.90 Å². The third kappa shape index (κ3) is 2.47. The van der Waals surface area contributed by atoms with E-state index in [0.29, 0.717) is 0 Å². The minimum absolute atomic E-state index is 0.959. The molecule has 0 radical (unpaired) electrons. The predicted molar refractivity (Wildman–Crippen MR) is 60.3 cm³/mol. The molecule has 1 unspecified atom stereocenters. The van der Waals surface area contributed by atoms with E-state index < -0.39 is 0 Å². The van der Waals surface area contributed by atoms with Crippen molar-refractivity contribution >= 4 is 15.9 Å². The maximum atomic E-state index is 3.54. The summed E-state index contributed by atoms with van der Waals surface area (Å²) in [4.78, 5) is 2.75. The molecule has 0 bridgehead atoms. The largest absolute Gasteiger partial charge is 0.300 e. The Morgan fingerprint density at radius 3 is 2.62 bits per heavy atom. The fourth-order valence-electron chi connectivity index (χ4n) is 2.85. The van der Waals surface area contributed by atoms with Crippen LogP contribution >= 0.6 is 15.9 Å². The fraction of sp³-hybridized carbons (Fsp3) is 1.00. The van der Waals surface area contributed by atoms with Gasteiger partial charge in [-0.1, -0.05) is 28.8 Å². The van der Waals surface area contributed by atoms with Crippen LogP contribution in [-0.2, 0) is 0 Å². The molecule has 0 spiro atoms. The lowest BCUT2D eigenvalue weighted by Crippen LogP contribution is -2.30. The van der Waals surface area contributed by atoms with Crippen molar-refractivity contribution in [3.8, 4) is 0 Å². The lowest BCUT2D eigenvalue weighted by Gasteiger charge is -2.23. The molecular weight excluding hydrogens is 226 g/mol. The normalized spacial score (nSPS) is 31.6. The summed E-state index contributed by atoms with van der Waals surface area (Å²) in [7, 11) is 0. The fourth-order valence-corrected chi connectivity index (χ4v) is 3.50. The van der Waals surface area contributed by atoms with E-state index >= 15 is 0 Å². The summed E-state index contributed by atoms with van der Waals surface area (Å²) in [5.74, 6) is 0.986. The monoisotopic (exact) mass is 245 g/mol. The maximum absolute atomic E-state index is 3.54. The smallest absolute Gasteiger partial charge is 0.00953 e. The average molecular weight is 246 g/mol. The van der Waals surface area contributed by atoms with Gasteiger partial charge < -0.3 is 4.90 Å². The molecule has 1 saturated carbocycles. The number of rotatable bonds is 3. The summed E-state index contributed by atoms with van der Waals surface area (Å²) in [6.07, 6.45) is 8.72. The van der Waals surface area contributed by atoms with Crippen molar-refractivity contribution < 1.29 is 0 Å². The molecule has 1 aliphatic carbocycles. The van der Waals surface area contributed by atoms with E-state index in [4.69, 9.17) is 0 Å². The molecule has 0 aromatic heterocycles. The zero-order valence-corrected chi connectivity index (χ0v) is 9.93. The molecule has 1 aliphatic heterocycles. The summed E-state index contributed by atoms with van der Waals surface area (Å²) >= 11 is 3.54. The minimum Gasteiger partial charge on any atom is -0.300 e. The Morgan fingerprint density at radius 1 is 1.15 bits per heavy atom. The van der Waals surface area contributed by atoms with Crippen LogP contribution in [0, 0.1) is 5.92 Å². The lowest BCUT2D eigenvalue weighted by atomic mass is 10.1. The van der Waals surface area contributed by atoms with Crippen LogP contribution in [0.1, 0.15) is 38.5 Å². The van der Waals surface area contributed by atoms with Gasteiger partial charge in [0, 0.05) is 17.9 Å². The van der Waals surface area contributed by atoms with Crippen LogP contribution in [0.25, 0.3) is 0 Å². The second kappa shape index (κ2) is 4.79. The molecular formula is C11H20BrN. The van der Waals surface area contributed by atoms with E-state index in [9.17, 15) is 0 Å². The second-order valence-electron chi connectivity index (χ2n) is 4.57. The number of hydrogen-bond acceptors (Lipinski definition) is 1. The van der Waals surface area contributed by atoms with Crippen LogP contribution in [0.4, 0.5) is 0 Å². The van der Waals surface area contributed by atoms with Crippen molar-refractivity contribution in [3.05, 3.63) is 0 Å². The number of halogens is 1. The maximum Gasteiger partial charge on any atom is 0.00953 e. The van der Waals surface area contributed by atoms with Crippen molar-refractivity contribution in [1.29, 1.82) is 0 Å². The average Bonchev–Trinajstić information content (AvgIpc) is 2.70. The Kier molecular flexibility index (Phi) is 3.67. The van der Waals surface area contributed by atoms with Gasteiger partial charge in [-0.05, 0) is 38.1 Å². The predicted octanol–water partition coefficient (Wildman–Crippen LogP) is 3.04. The molecule has 13 heavy (non-hydrogen) atoms. The quantitative estimate of drug-likeness (QED) is 0.692. The first-order valence-electron chi connectivity index (χ1n) is 5.70. The lowest BCUT2D eigenvalue weighted by molar-refractivity contribution is 0.237. The van der Waals surface area contributed by atoms with Crippen LogP contribution in [-0.4, -0.2) is 29.4 Å². The van der Waals surface area contributed by atoms with Crippen LogP contribution in [0.5, 0.6) is 0 Å². The molecule has 2 aliphatic rings. The Hall–Kier alpha value is 0.440. The topological polar surface area (TPSA) is 3.24 Å². The first-order valence-corrected chi connectivity index (χ1v) is 6.82. The van der Waals surface area contributed by atoms with Gasteiger partial charge in [0.2, 0.25) is 0 Å². The van der Waals surface area contributed by atoms with E-state index in [1.54, 1.807) is 0 Å². The number of hydrogen-bond donors (Lipinski definition) is 0. The zero-order valence-electron chi connectivity index (χ0n) is 8.34. The van der Waals surface area contributed by atoms with Crippen LogP contribution < -0.4 is 0 Å². The summed E-state index contributed by atoms with van der Waals surface area (Å²) in [5.41, 5.74) is 0. The van der Waals surface area contributed by atoms with Gasteiger partial charge in [0.25, 0.3) is 0 Å². The first-order chi connectivity index (χ1) is 6.40. The Morgan fingerprint density at radius 2 is 1.92 bits per heavy atom. The third-order valence-electron chi connectivity index (χ3n) is 3.68. The second-order valence-corrected chi connectivity index (χ2v) is 5.36. The van der Waals surface area contributed by atoms with Gasteiger partial charge in [0.15, 0.2) is 0 Å². The molecule has 2 heteroatoms. The van der Waals surface area contributed by atoms with E-state index in [2.05, 4.69) is 20.8 Å². The van der Waals surface area contributed by atoms with Gasteiger partial charge in [-0.2, -0.15) is 0 Å². The Bertz CT molecular complexity index is 154. The molecule has 0 N–H and O–H groups in total. The van der Waals surface area contributed by atoms with E-state index in [-0.39, 0.29) is 0 Å². The van der Waals surface area contributed by atoms with Gasteiger partial charge >= 0.3 is 0 Å². The van der Waals surface area contributed by atoms with Gasteiger partial charge in [-0.3, -0.25) is 0 Å². The highest BCUT2D eigenvalue weighted by Gasteiger charge is 2.29. The zero-order chi connectivity index (χ0) is 9.10. The van der Waals surface area contributed by atoms with E-state index in [0.717, 1.165) is 12.0 Å². The molecule has 2 fully saturated rings. The molecule has 2 rings (SSSR count). The first kappa shape index (κ1) is 9.97. The van der Waals surface area contributed by atoms with Crippen LogP contribution in [0.15, 0.2) is 0 Å². The van der Waals surface area contributed by atoms with Crippen molar-refractivity contribution in [2.75, 3.05) is 18.4 Å². The number of alkyl halides is 1. The molecule has 0 aromatic carbocycles. The summed E-state index contributed by atoms with van der Waals surface area (Å²) in [6.45, 7) is 2.76. The highest BCUT2D eigenvalue weighted by atomic mass is 79.9. The molecule has 1 nitrogen and oxygen atoms in total. The third-order valence-corrected chi connectivity index (χ3v) is 4.13. The highest BCUT2D eigenvalue weighted by Crippen LogP contribution is 2.29. The van der Waals surface area contributed by atoms with E-state index in [1.165, 1.54) is 56.9 Å². The number of nitrogens with zero attached hydrogens (tertiary/aromatic N) is 1. The van der Waals surface area contributed by atoms with Gasteiger partial charge in [0.05, 0.1) is 0 Å². The van der Waals surface area contributed by atoms with Crippen molar-refractivity contribution in [2.45, 2.75) is 44.6 Å². The minimum atomic E-state index is 0.959. The molecule has 0 aromatic rings. The van der Waals surface area contributed by atoms with Crippen LogP contribution in [0.3, 0.4) is 0 Å². The van der Waals surface area contributed by atoms with Crippen LogP contribution in [0.2, 0.25) is 0 Å². The molecule has 1 heterocycles. The number of likely N-dealkylation sites (tertiary alicyclic amines) is 1. The summed E-state index contributed by atoms with van der Waals surface area (Å²) in [5, 5.41) is 1.19. The van der Waals surface area contributed by atoms with Gasteiger partial charge in [-0.15, -0.1) is 0 Å². The van der Waals surface area contributed by atoms with Crippen molar-refractivity contribution in [2.24, 2.45) is 5.92 Å². The van der Waals surface area contributed by atoms with Gasteiger partial charge in [0.1, 0.15) is 0 Å². The summed E-state index contributed by atoms with van der Waals surface area (Å²) in [6, 6.07) is 0.959. The SMILES string of the molecule is BrCCC1CCN(C2CCCC2)C1. The summed E-state index contributed by atoms with van der Waals surface area (Å²) < 4.78 is 0.